The summed E-state index contributed by atoms with van der Waals surface area (Å²) in [7, 11) is 0. The fourth-order valence-electron chi connectivity index (χ4n) is 4.72. The van der Waals surface area contributed by atoms with Gasteiger partial charge in [-0.2, -0.15) is 0 Å². The van der Waals surface area contributed by atoms with E-state index in [1.165, 1.54) is 5.56 Å². The quantitative estimate of drug-likeness (QED) is 0.846. The lowest BCUT2D eigenvalue weighted by molar-refractivity contribution is -0.148. The number of aryl methyl sites for hydroxylation is 2. The molecule has 1 N–H and O–H groups in total. The van der Waals surface area contributed by atoms with E-state index in [0.717, 1.165) is 35.0 Å². The summed E-state index contributed by atoms with van der Waals surface area (Å²) >= 11 is 0. The maximum absolute atomic E-state index is 13.0. The highest BCUT2D eigenvalue weighted by Gasteiger charge is 2.33. The Bertz CT molecular complexity index is 917. The van der Waals surface area contributed by atoms with Crippen LogP contribution in [0.2, 0.25) is 0 Å². The second-order valence-corrected chi connectivity index (χ2v) is 8.70. The summed E-state index contributed by atoms with van der Waals surface area (Å²) in [5.74, 6) is 0.289. The van der Waals surface area contributed by atoms with Gasteiger partial charge in [0.15, 0.2) is 0 Å². The number of likely N-dealkylation sites (tertiary alicyclic amines) is 1. The van der Waals surface area contributed by atoms with Crippen LogP contribution in [0.1, 0.15) is 48.3 Å². The Morgan fingerprint density at radius 3 is 2.34 bits per heavy atom. The molecule has 0 spiro atoms. The van der Waals surface area contributed by atoms with Crippen molar-refractivity contribution in [2.75, 3.05) is 26.2 Å². The zero-order chi connectivity index (χ0) is 20.7. The molecular weight excluding hydrogens is 366 g/mol. The van der Waals surface area contributed by atoms with Crippen molar-refractivity contribution in [3.05, 3.63) is 35.0 Å². The molecule has 2 amide bonds. The van der Waals surface area contributed by atoms with Crippen molar-refractivity contribution in [2.45, 2.75) is 52.7 Å². The molecule has 6 nitrogen and oxygen atoms in total. The predicted octanol–water partition coefficient (Wildman–Crippen LogP) is 3.27. The minimum absolute atomic E-state index is 0.00796. The van der Waals surface area contributed by atoms with Gasteiger partial charge < -0.3 is 19.5 Å². The number of ether oxygens (including phenoxy) is 1. The Labute approximate surface area is 172 Å². The van der Waals surface area contributed by atoms with Crippen LogP contribution in [-0.4, -0.2) is 65.0 Å². The number of rotatable bonds is 2. The molecule has 3 heterocycles. The van der Waals surface area contributed by atoms with Crippen molar-refractivity contribution in [1.29, 1.82) is 0 Å². The zero-order valence-corrected chi connectivity index (χ0v) is 17.8. The predicted molar refractivity (Wildman–Crippen MR) is 113 cm³/mol. The Morgan fingerprint density at radius 2 is 1.69 bits per heavy atom. The minimum atomic E-state index is 0.00796. The molecule has 2 aliphatic heterocycles. The number of hydrogen-bond acceptors (Lipinski definition) is 3. The summed E-state index contributed by atoms with van der Waals surface area (Å²) in [5, 5.41) is 1.11. The van der Waals surface area contributed by atoms with Crippen LogP contribution in [0.15, 0.2) is 18.2 Å². The second kappa shape index (κ2) is 7.82. The fraction of sp³-hybridized carbons (Fsp3) is 0.565. The molecule has 4 rings (SSSR count). The van der Waals surface area contributed by atoms with Gasteiger partial charge in [0.1, 0.15) is 0 Å². The number of amides is 2. The first-order valence-corrected chi connectivity index (χ1v) is 10.7. The highest BCUT2D eigenvalue weighted by atomic mass is 16.5. The van der Waals surface area contributed by atoms with Crippen LogP contribution in [0.5, 0.6) is 0 Å². The topological polar surface area (TPSA) is 65.6 Å². The zero-order valence-electron chi connectivity index (χ0n) is 17.8. The van der Waals surface area contributed by atoms with Gasteiger partial charge in [-0.15, -0.1) is 0 Å². The van der Waals surface area contributed by atoms with Crippen LogP contribution in [0.4, 0.5) is 0 Å². The molecule has 2 fully saturated rings. The number of nitrogens with one attached hydrogen (secondary N) is 1. The van der Waals surface area contributed by atoms with E-state index in [1.807, 2.05) is 41.8 Å². The Hall–Kier alpha value is -2.34. The largest absolute Gasteiger partial charge is 0.372 e. The van der Waals surface area contributed by atoms with E-state index in [-0.39, 0.29) is 29.9 Å². The molecule has 2 atom stereocenters. The number of H-pyrrole nitrogens is 1. The van der Waals surface area contributed by atoms with Gasteiger partial charge in [0.2, 0.25) is 5.91 Å². The van der Waals surface area contributed by atoms with Gasteiger partial charge in [0.05, 0.1) is 12.2 Å². The van der Waals surface area contributed by atoms with Gasteiger partial charge in [-0.25, -0.2) is 0 Å². The number of carbonyl (C=O) groups is 2. The second-order valence-electron chi connectivity index (χ2n) is 8.70. The average Bonchev–Trinajstić information content (AvgIpc) is 2.99. The summed E-state index contributed by atoms with van der Waals surface area (Å²) < 4.78 is 5.74. The Balaban J connectivity index is 1.39. The molecule has 0 radical (unpaired) electrons. The third kappa shape index (κ3) is 3.90. The van der Waals surface area contributed by atoms with Crippen molar-refractivity contribution >= 4 is 22.7 Å². The van der Waals surface area contributed by atoms with Crippen molar-refractivity contribution in [3.8, 4) is 0 Å². The van der Waals surface area contributed by atoms with Crippen LogP contribution in [0, 0.1) is 19.8 Å². The fourth-order valence-corrected chi connectivity index (χ4v) is 4.72. The summed E-state index contributed by atoms with van der Waals surface area (Å²) in [6, 6.07) is 5.87. The van der Waals surface area contributed by atoms with E-state index in [4.69, 9.17) is 4.74 Å². The third-order valence-corrected chi connectivity index (χ3v) is 6.42. The Kier molecular flexibility index (Phi) is 5.38. The van der Waals surface area contributed by atoms with Gasteiger partial charge in [-0.3, -0.25) is 9.59 Å². The monoisotopic (exact) mass is 397 g/mol. The molecule has 156 valence electrons. The van der Waals surface area contributed by atoms with Crippen molar-refractivity contribution < 1.29 is 14.3 Å². The Morgan fingerprint density at radius 1 is 1.03 bits per heavy atom. The molecule has 2 unspecified atom stereocenters. The van der Waals surface area contributed by atoms with Crippen LogP contribution >= 0.6 is 0 Å². The first-order chi connectivity index (χ1) is 13.8. The van der Waals surface area contributed by atoms with E-state index in [2.05, 4.69) is 18.8 Å². The molecule has 0 bridgehead atoms. The van der Waals surface area contributed by atoms with E-state index < -0.39 is 0 Å². The minimum Gasteiger partial charge on any atom is -0.372 e. The lowest BCUT2D eigenvalue weighted by Crippen LogP contribution is -2.51. The van der Waals surface area contributed by atoms with Crippen LogP contribution in [0.25, 0.3) is 10.9 Å². The molecule has 0 aliphatic carbocycles. The van der Waals surface area contributed by atoms with Gasteiger partial charge in [-0.1, -0.05) is 0 Å². The van der Waals surface area contributed by atoms with Gasteiger partial charge >= 0.3 is 0 Å². The number of aromatic nitrogens is 1. The van der Waals surface area contributed by atoms with Crippen LogP contribution in [-0.2, 0) is 9.53 Å². The molecule has 1 aromatic heterocycles. The molecule has 2 aromatic rings. The summed E-state index contributed by atoms with van der Waals surface area (Å²) in [4.78, 5) is 33.2. The summed E-state index contributed by atoms with van der Waals surface area (Å²) in [6.07, 6.45) is 1.63. The van der Waals surface area contributed by atoms with Crippen molar-refractivity contribution in [1.82, 2.24) is 14.8 Å². The molecule has 6 heteroatoms. The molecule has 2 aliphatic rings. The number of aromatic amines is 1. The van der Waals surface area contributed by atoms with Gasteiger partial charge in [-0.05, 0) is 64.3 Å². The summed E-state index contributed by atoms with van der Waals surface area (Å²) in [5.41, 5.74) is 4.11. The molecule has 29 heavy (non-hydrogen) atoms. The SMILES string of the molecule is Cc1[nH]c2ccc(C(=O)N3CCC(C(=O)N4CC(C)OC(C)C4)CC3)cc2c1C. The average molecular weight is 398 g/mol. The van der Waals surface area contributed by atoms with Crippen molar-refractivity contribution in [3.63, 3.8) is 0 Å². The number of morpholine rings is 1. The number of hydrogen-bond donors (Lipinski definition) is 1. The number of benzene rings is 1. The number of carbonyl (C=O) groups excluding carboxylic acids is 2. The number of nitrogens with zero attached hydrogens (tertiary/aromatic N) is 2. The normalized spacial score (nSPS) is 23.6. The molecule has 1 aromatic carbocycles. The van der Waals surface area contributed by atoms with Gasteiger partial charge in [0, 0.05) is 54.3 Å². The first-order valence-electron chi connectivity index (χ1n) is 10.7. The van der Waals surface area contributed by atoms with Crippen LogP contribution in [0.3, 0.4) is 0 Å². The maximum atomic E-state index is 13.0. The molecule has 0 saturated carbocycles. The third-order valence-electron chi connectivity index (χ3n) is 6.42. The lowest BCUT2D eigenvalue weighted by atomic mass is 9.94. The lowest BCUT2D eigenvalue weighted by Gasteiger charge is -2.39. The van der Waals surface area contributed by atoms with E-state index in [0.29, 0.717) is 26.2 Å². The van der Waals surface area contributed by atoms with E-state index >= 15 is 0 Å². The van der Waals surface area contributed by atoms with Gasteiger partial charge in [0.25, 0.3) is 5.91 Å². The van der Waals surface area contributed by atoms with Crippen molar-refractivity contribution in [2.24, 2.45) is 5.92 Å². The number of piperidine rings is 1. The smallest absolute Gasteiger partial charge is 0.253 e. The van der Waals surface area contributed by atoms with E-state index in [9.17, 15) is 9.59 Å². The standard InChI is InChI=1S/C23H31N3O3/c1-14-12-26(13-15(2)29-14)22(27)18-7-9-25(10-8-18)23(28)19-5-6-21-20(11-19)16(3)17(4)24-21/h5-6,11,14-15,18,24H,7-10,12-13H2,1-4H3. The highest BCUT2D eigenvalue weighted by molar-refractivity contribution is 5.99. The highest BCUT2D eigenvalue weighted by Crippen LogP contribution is 2.26. The number of fused-ring (bicyclic) bond motifs is 1. The molecular formula is C23H31N3O3. The maximum Gasteiger partial charge on any atom is 0.253 e. The first kappa shape index (κ1) is 20.0. The molecule has 2 saturated heterocycles. The summed E-state index contributed by atoms with van der Waals surface area (Å²) in [6.45, 7) is 10.8. The van der Waals surface area contributed by atoms with Crippen LogP contribution < -0.4 is 0 Å². The van der Waals surface area contributed by atoms with E-state index in [1.54, 1.807) is 0 Å².